The maximum atomic E-state index is 5.61. The Morgan fingerprint density at radius 2 is 1.75 bits per heavy atom. The average Bonchev–Trinajstić information content (AvgIpc) is 3.41. The number of pyridine rings is 1. The second kappa shape index (κ2) is 12.1. The fraction of sp³-hybridized carbons (Fsp3) is 0.667. The van der Waals surface area contributed by atoms with Crippen molar-refractivity contribution >= 4 is 30.2 Å². The largest absolute Gasteiger partial charge is 0.346 e. The summed E-state index contributed by atoms with van der Waals surface area (Å²) in [6, 6.07) is 2.73. The van der Waals surface area contributed by atoms with Crippen molar-refractivity contribution < 1.29 is 4.62 Å². The molecule has 3 aromatic heterocycles. The molecule has 1 saturated heterocycles. The Balaban J connectivity index is 0.000000191. The number of aryl methyl sites for hydroxylation is 1. The van der Waals surface area contributed by atoms with Crippen molar-refractivity contribution in [3.63, 3.8) is 0 Å². The Kier molecular flexibility index (Phi) is 9.47. The summed E-state index contributed by atoms with van der Waals surface area (Å²) < 4.78 is 8.06. The Labute approximate surface area is 194 Å². The Bertz CT molecular complexity index is 954. The summed E-state index contributed by atoms with van der Waals surface area (Å²) in [5, 5.41) is 3.29. The third-order valence-corrected chi connectivity index (χ3v) is 6.65. The first-order valence-corrected chi connectivity index (χ1v) is 14.3. The third-order valence-electron chi connectivity index (χ3n) is 6.09. The minimum Gasteiger partial charge on any atom is -0.346 e. The first-order chi connectivity index (χ1) is 15.5. The SMILES string of the molecule is CC.CN1CCN(OP(C)C)CC1.Cc1nc2cnc3[nH]ccc3c2n1C1CCCCC1. The van der Waals surface area contributed by atoms with Gasteiger partial charge < -0.3 is 14.5 Å². The molecule has 2 aliphatic rings. The van der Waals surface area contributed by atoms with E-state index < -0.39 is 0 Å². The maximum absolute atomic E-state index is 5.61. The molecule has 0 spiro atoms. The number of aromatic nitrogens is 4. The molecular formula is C24H41N6OP. The lowest BCUT2D eigenvalue weighted by molar-refractivity contribution is -0.0747. The highest BCUT2D eigenvalue weighted by Crippen LogP contribution is 2.34. The smallest absolute Gasteiger partial charge is 0.139 e. The van der Waals surface area contributed by atoms with Gasteiger partial charge in [0.05, 0.1) is 11.7 Å². The minimum absolute atomic E-state index is 0.230. The van der Waals surface area contributed by atoms with Crippen LogP contribution in [0.4, 0.5) is 0 Å². The molecule has 1 aliphatic carbocycles. The molecular weight excluding hydrogens is 419 g/mol. The lowest BCUT2D eigenvalue weighted by Crippen LogP contribution is -2.43. The van der Waals surface area contributed by atoms with E-state index in [1.807, 2.05) is 26.2 Å². The van der Waals surface area contributed by atoms with E-state index in [4.69, 9.17) is 9.61 Å². The molecule has 1 N–H and O–H groups in total. The molecule has 2 fully saturated rings. The van der Waals surface area contributed by atoms with Crippen LogP contribution in [-0.4, -0.2) is 76.0 Å². The summed E-state index contributed by atoms with van der Waals surface area (Å²) in [4.78, 5) is 14.7. The average molecular weight is 461 g/mol. The van der Waals surface area contributed by atoms with Gasteiger partial charge in [0.15, 0.2) is 0 Å². The van der Waals surface area contributed by atoms with Gasteiger partial charge in [-0.2, -0.15) is 5.06 Å². The van der Waals surface area contributed by atoms with E-state index in [9.17, 15) is 0 Å². The third kappa shape index (κ3) is 6.07. The van der Waals surface area contributed by atoms with Crippen molar-refractivity contribution in [1.82, 2.24) is 29.5 Å². The van der Waals surface area contributed by atoms with Gasteiger partial charge in [-0.3, -0.25) is 4.62 Å². The number of fused-ring (bicyclic) bond motifs is 3. The summed E-state index contributed by atoms with van der Waals surface area (Å²) in [6.45, 7) is 14.7. The highest BCUT2D eigenvalue weighted by molar-refractivity contribution is 7.50. The number of imidazole rings is 1. The van der Waals surface area contributed by atoms with E-state index >= 15 is 0 Å². The number of nitrogens with one attached hydrogen (secondary N) is 1. The molecule has 0 unspecified atom stereocenters. The molecule has 8 heteroatoms. The van der Waals surface area contributed by atoms with Gasteiger partial charge in [0.25, 0.3) is 0 Å². The normalized spacial score (nSPS) is 18.5. The molecule has 0 radical (unpaired) electrons. The van der Waals surface area contributed by atoms with Crippen LogP contribution in [0.3, 0.4) is 0 Å². The summed E-state index contributed by atoms with van der Waals surface area (Å²) in [5.74, 6) is 1.12. The Morgan fingerprint density at radius 3 is 2.41 bits per heavy atom. The van der Waals surface area contributed by atoms with Gasteiger partial charge in [0.2, 0.25) is 0 Å². The van der Waals surface area contributed by atoms with E-state index in [-0.39, 0.29) is 8.15 Å². The van der Waals surface area contributed by atoms with E-state index in [2.05, 4.69) is 57.9 Å². The van der Waals surface area contributed by atoms with Gasteiger partial charge in [-0.15, -0.1) is 0 Å². The maximum Gasteiger partial charge on any atom is 0.139 e. The highest BCUT2D eigenvalue weighted by atomic mass is 31.1. The van der Waals surface area contributed by atoms with Crippen LogP contribution >= 0.6 is 8.15 Å². The molecule has 0 atom stereocenters. The molecule has 0 amide bonds. The molecule has 0 bridgehead atoms. The number of hydrogen-bond donors (Lipinski definition) is 1. The molecule has 0 aromatic carbocycles. The number of hydroxylamine groups is 2. The van der Waals surface area contributed by atoms with Gasteiger partial charge in [0.1, 0.15) is 17.0 Å². The number of rotatable bonds is 3. The van der Waals surface area contributed by atoms with E-state index in [0.717, 1.165) is 43.2 Å². The van der Waals surface area contributed by atoms with Crippen molar-refractivity contribution in [3.8, 4) is 0 Å². The van der Waals surface area contributed by atoms with Crippen LogP contribution in [0.5, 0.6) is 0 Å². The molecule has 32 heavy (non-hydrogen) atoms. The van der Waals surface area contributed by atoms with Crippen LogP contribution in [0.2, 0.25) is 0 Å². The molecule has 7 nitrogen and oxygen atoms in total. The molecule has 4 heterocycles. The van der Waals surface area contributed by atoms with Crippen molar-refractivity contribution in [2.75, 3.05) is 46.6 Å². The van der Waals surface area contributed by atoms with Crippen LogP contribution < -0.4 is 0 Å². The molecule has 5 rings (SSSR count). The van der Waals surface area contributed by atoms with Gasteiger partial charge in [0, 0.05) is 52.0 Å². The van der Waals surface area contributed by atoms with Crippen LogP contribution in [0, 0.1) is 6.92 Å². The zero-order valence-corrected chi connectivity index (χ0v) is 21.7. The quantitative estimate of drug-likeness (QED) is 0.518. The highest BCUT2D eigenvalue weighted by Gasteiger charge is 2.21. The van der Waals surface area contributed by atoms with Gasteiger partial charge in [-0.05, 0) is 46.2 Å². The first-order valence-electron chi connectivity index (χ1n) is 12.1. The van der Waals surface area contributed by atoms with Crippen molar-refractivity contribution in [2.45, 2.75) is 58.9 Å². The fourth-order valence-corrected chi connectivity index (χ4v) is 5.22. The topological polar surface area (TPSA) is 62.2 Å². The first kappa shape index (κ1) is 25.1. The number of piperazine rings is 1. The van der Waals surface area contributed by atoms with Crippen molar-refractivity contribution in [2.24, 2.45) is 0 Å². The molecule has 1 aliphatic heterocycles. The minimum atomic E-state index is -0.230. The molecule has 178 valence electrons. The predicted molar refractivity (Wildman–Crippen MR) is 137 cm³/mol. The lowest BCUT2D eigenvalue weighted by Gasteiger charge is -2.32. The summed E-state index contributed by atoms with van der Waals surface area (Å²) >= 11 is 0. The standard InChI is InChI=1S/C15H18N4.C7H17N2OP.C2H6/c1-10-18-13-9-17-15-12(7-8-16-15)14(13)19(10)11-5-3-2-4-6-11;1-8-4-6-9(7-5-8)10-11(2)3;1-2/h7-9,11H,2-6H2,1H3,(H,16,17);4-7H2,1-3H3;1-2H3. The number of nitrogens with zero attached hydrogens (tertiary/aromatic N) is 5. The predicted octanol–water partition coefficient (Wildman–Crippen LogP) is 5.57. The lowest BCUT2D eigenvalue weighted by atomic mass is 9.95. The van der Waals surface area contributed by atoms with Crippen LogP contribution in [0.15, 0.2) is 18.5 Å². The van der Waals surface area contributed by atoms with Crippen LogP contribution in [0.1, 0.15) is 57.8 Å². The number of hydrogen-bond acceptors (Lipinski definition) is 5. The van der Waals surface area contributed by atoms with Crippen LogP contribution in [-0.2, 0) is 4.62 Å². The number of H-pyrrole nitrogens is 1. The summed E-state index contributed by atoms with van der Waals surface area (Å²) in [6.07, 6.45) is 10.5. The molecule has 3 aromatic rings. The van der Waals surface area contributed by atoms with E-state index in [1.54, 1.807) is 0 Å². The number of likely N-dealkylation sites (N-methyl/N-ethyl adjacent to an activating group) is 1. The Morgan fingerprint density at radius 1 is 1.06 bits per heavy atom. The van der Waals surface area contributed by atoms with Crippen LogP contribution in [0.25, 0.3) is 22.1 Å². The van der Waals surface area contributed by atoms with Gasteiger partial charge in [-0.1, -0.05) is 33.1 Å². The van der Waals surface area contributed by atoms with Crippen molar-refractivity contribution in [3.05, 3.63) is 24.3 Å². The second-order valence-electron chi connectivity index (χ2n) is 8.68. The van der Waals surface area contributed by atoms with E-state index in [1.165, 1.54) is 43.0 Å². The summed E-state index contributed by atoms with van der Waals surface area (Å²) in [5.41, 5.74) is 3.25. The zero-order chi connectivity index (χ0) is 23.1. The zero-order valence-electron chi connectivity index (χ0n) is 20.8. The summed E-state index contributed by atoms with van der Waals surface area (Å²) in [7, 11) is 1.92. The van der Waals surface area contributed by atoms with Gasteiger partial charge in [-0.25, -0.2) is 9.97 Å². The fourth-order valence-electron chi connectivity index (χ4n) is 4.60. The van der Waals surface area contributed by atoms with Gasteiger partial charge >= 0.3 is 0 Å². The Hall–Kier alpha value is -1.53. The number of aromatic amines is 1. The molecule has 1 saturated carbocycles. The van der Waals surface area contributed by atoms with E-state index in [0.29, 0.717) is 6.04 Å². The van der Waals surface area contributed by atoms with Crippen molar-refractivity contribution in [1.29, 1.82) is 0 Å². The monoisotopic (exact) mass is 460 g/mol. The second-order valence-corrected chi connectivity index (χ2v) is 10.5.